The van der Waals surface area contributed by atoms with Crippen LogP contribution in [0, 0.1) is 11.8 Å². The molecule has 6 heteroatoms. The molecule has 1 aliphatic heterocycles. The second-order valence-corrected chi connectivity index (χ2v) is 7.97. The molecule has 0 aromatic carbocycles. The average Bonchev–Trinajstić information content (AvgIpc) is 2.99. The van der Waals surface area contributed by atoms with Gasteiger partial charge in [0.2, 0.25) is 0 Å². The highest BCUT2D eigenvalue weighted by Gasteiger charge is 2.44. The van der Waals surface area contributed by atoms with Crippen molar-refractivity contribution < 1.29 is 0 Å². The molecule has 1 aromatic rings. The Balaban J connectivity index is 0.00000182. The minimum Gasteiger partial charge on any atom is -0.353 e. The Labute approximate surface area is 162 Å². The van der Waals surface area contributed by atoms with Crippen molar-refractivity contribution in [1.82, 2.24) is 20.0 Å². The maximum atomic E-state index is 4.57. The van der Waals surface area contributed by atoms with Gasteiger partial charge in [-0.15, -0.1) is 17.0 Å². The van der Waals surface area contributed by atoms with Crippen molar-refractivity contribution in [2.24, 2.45) is 23.9 Å². The Morgan fingerprint density at radius 3 is 2.72 bits per heavy atom. The molecule has 3 aliphatic rings. The van der Waals surface area contributed by atoms with Crippen LogP contribution < -0.4 is 5.32 Å². The molecule has 2 heterocycles. The van der Waals surface area contributed by atoms with Crippen molar-refractivity contribution in [3.63, 3.8) is 0 Å². The number of nitrogens with zero attached hydrogens (tertiary/aromatic N) is 4. The summed E-state index contributed by atoms with van der Waals surface area (Å²) in [6.45, 7) is 2.16. The molecule has 25 heavy (non-hydrogen) atoms. The highest BCUT2D eigenvalue weighted by molar-refractivity contribution is 8.93. The zero-order valence-corrected chi connectivity index (χ0v) is 17.2. The predicted molar refractivity (Wildman–Crippen MR) is 107 cm³/mol. The number of aliphatic imine (C=N–C) groups is 1. The first kappa shape index (κ1) is 18.7. The van der Waals surface area contributed by atoms with Crippen molar-refractivity contribution in [3.8, 4) is 0 Å². The molecule has 3 fully saturated rings. The van der Waals surface area contributed by atoms with E-state index in [0.29, 0.717) is 12.0 Å². The van der Waals surface area contributed by atoms with Crippen LogP contribution in [0.15, 0.2) is 17.4 Å². The Morgan fingerprint density at radius 2 is 2.04 bits per heavy atom. The highest BCUT2D eigenvalue weighted by atomic mass is 79.9. The lowest BCUT2D eigenvalue weighted by Gasteiger charge is -2.24. The Kier molecular flexibility index (Phi) is 6.08. The van der Waals surface area contributed by atoms with Crippen molar-refractivity contribution in [3.05, 3.63) is 18.0 Å². The van der Waals surface area contributed by atoms with Gasteiger partial charge in [-0.25, -0.2) is 0 Å². The van der Waals surface area contributed by atoms with Crippen LogP contribution >= 0.6 is 17.0 Å². The second kappa shape index (κ2) is 8.11. The topological polar surface area (TPSA) is 45.5 Å². The minimum atomic E-state index is 0. The van der Waals surface area contributed by atoms with E-state index in [4.69, 9.17) is 0 Å². The molecule has 0 bridgehead atoms. The number of rotatable bonds is 3. The first-order valence-corrected chi connectivity index (χ1v) is 9.71. The number of hydrogen-bond donors (Lipinski definition) is 1. The van der Waals surface area contributed by atoms with Gasteiger partial charge in [0, 0.05) is 45.3 Å². The lowest BCUT2D eigenvalue weighted by molar-refractivity contribution is 0.314. The predicted octanol–water partition coefficient (Wildman–Crippen LogP) is 3.33. The maximum absolute atomic E-state index is 4.57. The van der Waals surface area contributed by atoms with Gasteiger partial charge in [-0.1, -0.05) is 32.1 Å². The van der Waals surface area contributed by atoms with Crippen LogP contribution in [0.5, 0.6) is 0 Å². The van der Waals surface area contributed by atoms with Gasteiger partial charge in [-0.3, -0.25) is 9.67 Å². The normalized spacial score (nSPS) is 30.2. The molecule has 1 aromatic heterocycles. The number of aromatic nitrogens is 2. The van der Waals surface area contributed by atoms with E-state index in [1.807, 2.05) is 25.0 Å². The van der Waals surface area contributed by atoms with Crippen molar-refractivity contribution in [2.75, 3.05) is 20.1 Å². The first-order chi connectivity index (χ1) is 11.7. The van der Waals surface area contributed by atoms with Gasteiger partial charge in [-0.2, -0.15) is 5.10 Å². The number of halogens is 1. The lowest BCUT2D eigenvalue weighted by Crippen LogP contribution is -2.41. The summed E-state index contributed by atoms with van der Waals surface area (Å²) >= 11 is 0. The third-order valence-corrected chi connectivity index (χ3v) is 6.31. The van der Waals surface area contributed by atoms with Gasteiger partial charge in [-0.05, 0) is 30.2 Å². The van der Waals surface area contributed by atoms with E-state index in [0.717, 1.165) is 30.9 Å². The zero-order chi connectivity index (χ0) is 16.5. The molecule has 4 rings (SSSR count). The van der Waals surface area contributed by atoms with Crippen LogP contribution in [0.3, 0.4) is 0 Å². The summed E-state index contributed by atoms with van der Waals surface area (Å²) in [6, 6.07) is 0.671. The van der Waals surface area contributed by atoms with Gasteiger partial charge < -0.3 is 10.2 Å². The molecular weight excluding hydrogens is 378 g/mol. The van der Waals surface area contributed by atoms with E-state index in [1.54, 1.807) is 0 Å². The minimum absolute atomic E-state index is 0. The van der Waals surface area contributed by atoms with Crippen molar-refractivity contribution >= 4 is 22.9 Å². The summed E-state index contributed by atoms with van der Waals surface area (Å²) in [4.78, 5) is 7.01. The van der Waals surface area contributed by atoms with Crippen LogP contribution in [0.25, 0.3) is 0 Å². The van der Waals surface area contributed by atoms with Crippen LogP contribution in [0.1, 0.15) is 56.4 Å². The van der Waals surface area contributed by atoms with Gasteiger partial charge in [0.1, 0.15) is 0 Å². The van der Waals surface area contributed by atoms with Crippen LogP contribution in [-0.4, -0.2) is 46.8 Å². The number of aryl methyl sites for hydroxylation is 1. The molecule has 1 N–H and O–H groups in total. The Hall–Kier alpha value is -1.04. The summed E-state index contributed by atoms with van der Waals surface area (Å²) < 4.78 is 1.91. The van der Waals surface area contributed by atoms with E-state index in [9.17, 15) is 0 Å². The summed E-state index contributed by atoms with van der Waals surface area (Å²) in [5.74, 6) is 3.57. The van der Waals surface area contributed by atoms with E-state index < -0.39 is 0 Å². The highest BCUT2D eigenvalue weighted by Crippen LogP contribution is 2.44. The first-order valence-electron chi connectivity index (χ1n) is 9.71. The van der Waals surface area contributed by atoms with E-state index in [-0.39, 0.29) is 17.0 Å². The number of nitrogens with one attached hydrogen (secondary N) is 1. The van der Waals surface area contributed by atoms with Gasteiger partial charge in [0.25, 0.3) is 0 Å². The molecule has 2 saturated carbocycles. The van der Waals surface area contributed by atoms with Crippen LogP contribution in [0.4, 0.5) is 0 Å². The van der Waals surface area contributed by atoms with E-state index in [2.05, 4.69) is 26.5 Å². The molecule has 5 nitrogen and oxygen atoms in total. The van der Waals surface area contributed by atoms with Crippen molar-refractivity contribution in [1.29, 1.82) is 0 Å². The van der Waals surface area contributed by atoms with Crippen LogP contribution in [-0.2, 0) is 7.05 Å². The van der Waals surface area contributed by atoms with Gasteiger partial charge in [0.05, 0.1) is 6.20 Å². The Morgan fingerprint density at radius 1 is 1.24 bits per heavy atom. The molecular formula is C19H32BrN5. The van der Waals surface area contributed by atoms with Crippen molar-refractivity contribution in [2.45, 2.75) is 56.9 Å². The van der Waals surface area contributed by atoms with E-state index >= 15 is 0 Å². The largest absolute Gasteiger partial charge is 0.353 e. The summed E-state index contributed by atoms with van der Waals surface area (Å²) in [5.41, 5.74) is 1.36. The molecule has 2 aliphatic carbocycles. The number of hydrogen-bond acceptors (Lipinski definition) is 2. The third-order valence-electron chi connectivity index (χ3n) is 6.31. The molecule has 3 atom stereocenters. The van der Waals surface area contributed by atoms with Gasteiger partial charge in [0.15, 0.2) is 5.96 Å². The summed E-state index contributed by atoms with van der Waals surface area (Å²) in [5, 5.41) is 8.09. The molecule has 0 amide bonds. The van der Waals surface area contributed by atoms with Crippen LogP contribution in [0.2, 0.25) is 0 Å². The standard InChI is InChI=1S/C19H31N5.BrH/c1-20-19(22-18-10-17(18)14-6-4-3-5-7-14)24-9-8-15(13-24)16-11-21-23(2)12-16;/h11-12,14-15,17-18H,3-10,13H2,1-2H3,(H,20,22);1H. The fraction of sp³-hybridized carbons (Fsp3) is 0.789. The maximum Gasteiger partial charge on any atom is 0.193 e. The quantitative estimate of drug-likeness (QED) is 0.614. The zero-order valence-electron chi connectivity index (χ0n) is 15.5. The molecule has 140 valence electrons. The smallest absolute Gasteiger partial charge is 0.193 e. The summed E-state index contributed by atoms with van der Waals surface area (Å²) in [7, 11) is 3.92. The molecule has 3 unspecified atom stereocenters. The molecule has 0 radical (unpaired) electrons. The SMILES string of the molecule is Br.CN=C(NC1CC1C1CCCCC1)N1CCC(c2cnn(C)c2)C1. The summed E-state index contributed by atoms with van der Waals surface area (Å²) in [6.07, 6.45) is 14.0. The molecule has 1 saturated heterocycles. The third kappa shape index (κ3) is 4.21. The lowest BCUT2D eigenvalue weighted by atomic mass is 9.85. The number of guanidine groups is 1. The fourth-order valence-electron chi connectivity index (χ4n) is 4.80. The van der Waals surface area contributed by atoms with E-state index in [1.165, 1.54) is 50.5 Å². The Bertz CT molecular complexity index is 592. The monoisotopic (exact) mass is 409 g/mol. The molecule has 0 spiro atoms. The fourth-order valence-corrected chi connectivity index (χ4v) is 4.80. The number of likely N-dealkylation sites (tertiary alicyclic amines) is 1. The second-order valence-electron chi connectivity index (χ2n) is 7.97. The van der Waals surface area contributed by atoms with Gasteiger partial charge >= 0.3 is 0 Å². The average molecular weight is 410 g/mol.